The number of allylic oxidation sites excluding steroid dienone is 6. The number of sulfonamides is 1. The minimum absolute atomic E-state index is 0.0490. The fourth-order valence-corrected chi connectivity index (χ4v) is 2.31. The summed E-state index contributed by atoms with van der Waals surface area (Å²) in [6, 6.07) is 0. The van der Waals surface area contributed by atoms with Gasteiger partial charge in [-0.05, 0) is 24.5 Å². The molecule has 1 aliphatic carbocycles. The molecule has 16 heavy (non-hydrogen) atoms. The Kier molecular flexibility index (Phi) is 4.43. The van der Waals surface area contributed by atoms with Crippen molar-refractivity contribution < 1.29 is 8.42 Å². The first kappa shape index (κ1) is 12.6. The van der Waals surface area contributed by atoms with Crippen LogP contribution in [0.2, 0.25) is 0 Å². The molecule has 0 amide bonds. The van der Waals surface area contributed by atoms with Gasteiger partial charge in [-0.15, -0.1) is 6.58 Å². The van der Waals surface area contributed by atoms with Crippen molar-refractivity contribution in [1.29, 1.82) is 0 Å². The van der Waals surface area contributed by atoms with Gasteiger partial charge < -0.3 is 0 Å². The molecule has 3 nitrogen and oxygen atoms in total. The Morgan fingerprint density at radius 2 is 2.00 bits per heavy atom. The number of nitrogens with zero attached hydrogens (tertiary/aromatic N) is 1. The van der Waals surface area contributed by atoms with Crippen molar-refractivity contribution in [3.8, 4) is 0 Å². The molecule has 0 heterocycles. The Labute approximate surface area is 96.6 Å². The molecule has 0 saturated heterocycles. The lowest BCUT2D eigenvalue weighted by Gasteiger charge is -2.04. The third-order valence-corrected chi connectivity index (χ3v) is 3.32. The molecule has 0 N–H and O–H groups in total. The zero-order valence-electron chi connectivity index (χ0n) is 9.09. The Hall–Kier alpha value is -1.42. The van der Waals surface area contributed by atoms with Crippen LogP contribution >= 0.6 is 0 Å². The summed E-state index contributed by atoms with van der Waals surface area (Å²) in [5.41, 5.74) is 1.04. The van der Waals surface area contributed by atoms with Crippen LogP contribution in [-0.2, 0) is 10.0 Å². The minimum atomic E-state index is -3.39. The van der Waals surface area contributed by atoms with Gasteiger partial charge >= 0.3 is 0 Å². The highest BCUT2D eigenvalue weighted by Gasteiger charge is 2.10. The minimum Gasteiger partial charge on any atom is -0.205 e. The van der Waals surface area contributed by atoms with Crippen LogP contribution in [0.25, 0.3) is 0 Å². The van der Waals surface area contributed by atoms with E-state index in [1.807, 2.05) is 0 Å². The average Bonchev–Trinajstić information content (AvgIpc) is 2.21. The van der Waals surface area contributed by atoms with E-state index in [1.165, 1.54) is 0 Å². The fourth-order valence-electron chi connectivity index (χ4n) is 1.21. The topological polar surface area (TPSA) is 46.5 Å². The smallest absolute Gasteiger partial charge is 0.205 e. The first-order chi connectivity index (χ1) is 7.55. The van der Waals surface area contributed by atoms with Gasteiger partial charge in [0.1, 0.15) is 0 Å². The van der Waals surface area contributed by atoms with Crippen LogP contribution in [0.1, 0.15) is 12.8 Å². The van der Waals surface area contributed by atoms with Crippen molar-refractivity contribution in [1.82, 2.24) is 0 Å². The second kappa shape index (κ2) is 5.61. The van der Waals surface area contributed by atoms with Crippen LogP contribution < -0.4 is 0 Å². The normalized spacial score (nSPS) is 18.0. The molecule has 1 aliphatic rings. The Bertz CT molecular complexity index is 467. The standard InChI is InChI=1S/C12H15NO2S/c1-3-4-7-10-16(14,15)13-12-9-6-5-8-11(12)2/h3,5-6,8-9H,1-2,4,7,10H2/b13-12-. The highest BCUT2D eigenvalue weighted by atomic mass is 32.2. The highest BCUT2D eigenvalue weighted by molar-refractivity contribution is 7.90. The van der Waals surface area contributed by atoms with E-state index in [0.717, 1.165) is 0 Å². The van der Waals surface area contributed by atoms with E-state index >= 15 is 0 Å². The predicted molar refractivity (Wildman–Crippen MR) is 68.1 cm³/mol. The molecule has 0 fully saturated rings. The van der Waals surface area contributed by atoms with Crippen LogP contribution in [0.3, 0.4) is 0 Å². The summed E-state index contributed by atoms with van der Waals surface area (Å²) < 4.78 is 26.9. The van der Waals surface area contributed by atoms with Gasteiger partial charge in [0.15, 0.2) is 0 Å². The maximum Gasteiger partial charge on any atom is 0.253 e. The second-order valence-electron chi connectivity index (χ2n) is 3.44. The first-order valence-electron chi connectivity index (χ1n) is 5.03. The second-order valence-corrected chi connectivity index (χ2v) is 5.19. The Morgan fingerprint density at radius 3 is 2.62 bits per heavy atom. The van der Waals surface area contributed by atoms with Gasteiger partial charge in [0.25, 0.3) is 10.0 Å². The molecule has 0 aromatic carbocycles. The van der Waals surface area contributed by atoms with Crippen molar-refractivity contribution in [3.05, 3.63) is 49.1 Å². The maximum absolute atomic E-state index is 11.6. The van der Waals surface area contributed by atoms with E-state index in [9.17, 15) is 8.42 Å². The van der Waals surface area contributed by atoms with Crippen LogP contribution in [0.15, 0.2) is 53.5 Å². The molecule has 0 atom stereocenters. The quantitative estimate of drug-likeness (QED) is 0.544. The predicted octanol–water partition coefficient (Wildman–Crippen LogP) is 2.41. The lowest BCUT2D eigenvalue weighted by Crippen LogP contribution is -2.08. The molecule has 0 aliphatic heterocycles. The van der Waals surface area contributed by atoms with Gasteiger partial charge in [-0.2, -0.15) is 4.40 Å². The van der Waals surface area contributed by atoms with Gasteiger partial charge in [0.05, 0.1) is 11.5 Å². The van der Waals surface area contributed by atoms with Crippen LogP contribution in [0.4, 0.5) is 0 Å². The van der Waals surface area contributed by atoms with Crippen molar-refractivity contribution in [2.75, 3.05) is 5.75 Å². The molecule has 0 aromatic rings. The van der Waals surface area contributed by atoms with E-state index in [2.05, 4.69) is 17.6 Å². The van der Waals surface area contributed by atoms with Crippen LogP contribution in [-0.4, -0.2) is 19.9 Å². The number of unbranched alkanes of at least 4 members (excludes halogenated alkanes) is 1. The zero-order chi connectivity index (χ0) is 12.0. The molecule has 1 rings (SSSR count). The van der Waals surface area contributed by atoms with E-state index in [0.29, 0.717) is 24.1 Å². The summed E-state index contributed by atoms with van der Waals surface area (Å²) in [6.45, 7) is 7.27. The molecule has 4 heteroatoms. The molecule has 0 spiro atoms. The van der Waals surface area contributed by atoms with Crippen molar-refractivity contribution >= 4 is 15.7 Å². The Balaban J connectivity index is 2.74. The fraction of sp³-hybridized carbons (Fsp3) is 0.250. The summed E-state index contributed by atoms with van der Waals surface area (Å²) in [5, 5.41) is 0. The van der Waals surface area contributed by atoms with Gasteiger partial charge in [-0.3, -0.25) is 0 Å². The third-order valence-electron chi connectivity index (χ3n) is 2.04. The molecule has 0 bridgehead atoms. The molecule has 0 radical (unpaired) electrons. The molecule has 0 unspecified atom stereocenters. The van der Waals surface area contributed by atoms with Crippen molar-refractivity contribution in [2.45, 2.75) is 12.8 Å². The molecule has 86 valence electrons. The maximum atomic E-state index is 11.6. The van der Waals surface area contributed by atoms with Gasteiger partial charge in [-0.25, -0.2) is 8.42 Å². The van der Waals surface area contributed by atoms with Gasteiger partial charge in [0, 0.05) is 0 Å². The van der Waals surface area contributed by atoms with E-state index in [1.54, 1.807) is 30.4 Å². The van der Waals surface area contributed by atoms with Crippen molar-refractivity contribution in [2.24, 2.45) is 4.40 Å². The van der Waals surface area contributed by atoms with Gasteiger partial charge in [-0.1, -0.05) is 30.9 Å². The van der Waals surface area contributed by atoms with Gasteiger partial charge in [0.2, 0.25) is 0 Å². The monoisotopic (exact) mass is 237 g/mol. The number of hydrogen-bond donors (Lipinski definition) is 0. The number of hydrogen-bond acceptors (Lipinski definition) is 2. The SMILES string of the molecule is C=CCCCS(=O)(=O)/N=C1/C=CC=CC1=C. The summed E-state index contributed by atoms with van der Waals surface area (Å²) in [6.07, 6.45) is 9.85. The third kappa shape index (κ3) is 3.98. The largest absolute Gasteiger partial charge is 0.253 e. The summed E-state index contributed by atoms with van der Waals surface area (Å²) in [4.78, 5) is 0. The highest BCUT2D eigenvalue weighted by Crippen LogP contribution is 2.09. The van der Waals surface area contributed by atoms with E-state index in [4.69, 9.17) is 0 Å². The van der Waals surface area contributed by atoms with E-state index < -0.39 is 10.0 Å². The Morgan fingerprint density at radius 1 is 1.31 bits per heavy atom. The molecule has 0 saturated carbocycles. The lowest BCUT2D eigenvalue weighted by atomic mass is 10.1. The summed E-state index contributed by atoms with van der Waals surface area (Å²) >= 11 is 0. The molecular weight excluding hydrogens is 222 g/mol. The van der Waals surface area contributed by atoms with E-state index in [-0.39, 0.29) is 5.75 Å². The molecular formula is C12H15NO2S. The van der Waals surface area contributed by atoms with Crippen molar-refractivity contribution in [3.63, 3.8) is 0 Å². The summed E-state index contributed by atoms with van der Waals surface area (Å²) in [7, 11) is -3.39. The lowest BCUT2D eigenvalue weighted by molar-refractivity contribution is 0.595. The summed E-state index contributed by atoms with van der Waals surface area (Å²) in [5.74, 6) is 0.0490. The van der Waals surface area contributed by atoms with Crippen LogP contribution in [0.5, 0.6) is 0 Å². The zero-order valence-corrected chi connectivity index (χ0v) is 9.91. The van der Waals surface area contributed by atoms with Crippen LogP contribution in [0, 0.1) is 0 Å². The first-order valence-corrected chi connectivity index (χ1v) is 6.63. The average molecular weight is 237 g/mol. The molecule has 0 aromatic heterocycles. The number of rotatable bonds is 5.